The van der Waals surface area contributed by atoms with Crippen LogP contribution in [0.3, 0.4) is 0 Å². The lowest BCUT2D eigenvalue weighted by atomic mass is 10.2. The standard InChI is InChI=1S/C22H24Cl2N4O5/c1-4-13(2)26-21(30)22(31)28-25-11-14-5-8-18(19(9-14)32-3)33-12-20(29)27-15-6-7-16(23)17(24)10-15/h5-11,13H,4,12H2,1-3H3,(H,26,30)(H,27,29)(H,28,31)/b25-11-/t13-/m0/s1. The number of methoxy groups -OCH3 is 1. The summed E-state index contributed by atoms with van der Waals surface area (Å²) in [6.07, 6.45) is 2.05. The summed E-state index contributed by atoms with van der Waals surface area (Å²) in [4.78, 5) is 35.6. The zero-order valence-corrected chi connectivity index (χ0v) is 19.8. The Hall–Kier alpha value is -3.30. The number of amides is 3. The van der Waals surface area contributed by atoms with Crippen LogP contribution >= 0.6 is 23.2 Å². The van der Waals surface area contributed by atoms with Crippen LogP contribution in [-0.2, 0) is 14.4 Å². The molecule has 0 aromatic heterocycles. The van der Waals surface area contributed by atoms with E-state index in [2.05, 4.69) is 21.2 Å². The van der Waals surface area contributed by atoms with Crippen molar-refractivity contribution in [3.8, 4) is 11.5 Å². The SMILES string of the molecule is CC[C@H](C)NC(=O)C(=O)N/N=C\c1ccc(OCC(=O)Nc2ccc(Cl)c(Cl)c2)c(OC)c1. The quantitative estimate of drug-likeness (QED) is 0.280. The number of carbonyl (C=O) groups excluding carboxylic acids is 3. The average Bonchev–Trinajstić information content (AvgIpc) is 2.80. The fourth-order valence-corrected chi connectivity index (χ4v) is 2.70. The Bertz CT molecular complexity index is 1050. The zero-order valence-electron chi connectivity index (χ0n) is 18.3. The third kappa shape index (κ3) is 8.28. The van der Waals surface area contributed by atoms with Gasteiger partial charge in [0.15, 0.2) is 18.1 Å². The van der Waals surface area contributed by atoms with Gasteiger partial charge in [-0.05, 0) is 55.3 Å². The van der Waals surface area contributed by atoms with Gasteiger partial charge in [0.1, 0.15) is 0 Å². The number of carbonyl (C=O) groups is 3. The van der Waals surface area contributed by atoms with Gasteiger partial charge in [0.25, 0.3) is 5.91 Å². The van der Waals surface area contributed by atoms with E-state index in [1.807, 2.05) is 6.92 Å². The Morgan fingerprint density at radius 2 is 1.82 bits per heavy atom. The number of hydrogen-bond acceptors (Lipinski definition) is 6. The van der Waals surface area contributed by atoms with Gasteiger partial charge >= 0.3 is 11.8 Å². The minimum atomic E-state index is -0.869. The number of hydrazone groups is 1. The molecule has 0 saturated heterocycles. The fraction of sp³-hybridized carbons (Fsp3) is 0.273. The van der Waals surface area contributed by atoms with Crippen LogP contribution in [0.1, 0.15) is 25.8 Å². The van der Waals surface area contributed by atoms with E-state index in [9.17, 15) is 14.4 Å². The van der Waals surface area contributed by atoms with E-state index < -0.39 is 17.7 Å². The zero-order chi connectivity index (χ0) is 24.4. The smallest absolute Gasteiger partial charge is 0.329 e. The monoisotopic (exact) mass is 494 g/mol. The van der Waals surface area contributed by atoms with Crippen LogP contribution in [0, 0.1) is 0 Å². The third-order valence-electron chi connectivity index (χ3n) is 4.33. The average molecular weight is 495 g/mol. The van der Waals surface area contributed by atoms with Gasteiger partial charge in [-0.3, -0.25) is 14.4 Å². The van der Waals surface area contributed by atoms with Gasteiger partial charge in [0.05, 0.1) is 23.4 Å². The Morgan fingerprint density at radius 1 is 1.06 bits per heavy atom. The molecular formula is C22H24Cl2N4O5. The number of nitrogens with one attached hydrogen (secondary N) is 3. The number of benzene rings is 2. The number of hydrogen-bond donors (Lipinski definition) is 3. The highest BCUT2D eigenvalue weighted by molar-refractivity contribution is 6.42. The van der Waals surface area contributed by atoms with Crippen LogP contribution in [0.25, 0.3) is 0 Å². The Kier molecular flexibility index (Phi) is 9.96. The normalized spacial score (nSPS) is 11.5. The molecule has 0 unspecified atom stereocenters. The first kappa shape index (κ1) is 26.0. The van der Waals surface area contributed by atoms with E-state index in [4.69, 9.17) is 32.7 Å². The molecule has 11 heteroatoms. The summed E-state index contributed by atoms with van der Waals surface area (Å²) in [5.74, 6) is -1.36. The number of rotatable bonds is 9. The highest BCUT2D eigenvalue weighted by atomic mass is 35.5. The van der Waals surface area contributed by atoms with Crippen molar-refractivity contribution in [3.63, 3.8) is 0 Å². The van der Waals surface area contributed by atoms with E-state index >= 15 is 0 Å². The molecule has 0 aliphatic heterocycles. The van der Waals surface area contributed by atoms with Gasteiger partial charge in [-0.1, -0.05) is 30.1 Å². The molecule has 2 rings (SSSR count). The number of nitrogens with zero attached hydrogens (tertiary/aromatic N) is 1. The van der Waals surface area contributed by atoms with Gasteiger partial charge in [0, 0.05) is 11.7 Å². The molecule has 0 saturated carbocycles. The van der Waals surface area contributed by atoms with Crippen LogP contribution in [0.2, 0.25) is 10.0 Å². The summed E-state index contributed by atoms with van der Waals surface area (Å²) in [6.45, 7) is 3.41. The second kappa shape index (κ2) is 12.7. The van der Waals surface area contributed by atoms with Crippen LogP contribution in [0.5, 0.6) is 11.5 Å². The molecule has 176 valence electrons. The summed E-state index contributed by atoms with van der Waals surface area (Å²) in [5, 5.41) is 9.66. The van der Waals surface area contributed by atoms with E-state index in [0.717, 1.165) is 0 Å². The molecule has 0 heterocycles. The molecule has 2 aromatic rings. The molecule has 0 bridgehead atoms. The lowest BCUT2D eigenvalue weighted by Gasteiger charge is -2.12. The van der Waals surface area contributed by atoms with E-state index in [1.165, 1.54) is 19.4 Å². The molecular weight excluding hydrogens is 471 g/mol. The highest BCUT2D eigenvalue weighted by Gasteiger charge is 2.14. The lowest BCUT2D eigenvalue weighted by molar-refractivity contribution is -0.139. The van der Waals surface area contributed by atoms with Crippen molar-refractivity contribution in [1.29, 1.82) is 0 Å². The molecule has 3 N–H and O–H groups in total. The van der Waals surface area contributed by atoms with E-state index in [0.29, 0.717) is 39.2 Å². The second-order valence-electron chi connectivity index (χ2n) is 6.86. The predicted molar refractivity (Wildman–Crippen MR) is 127 cm³/mol. The molecule has 1 atom stereocenters. The van der Waals surface area contributed by atoms with Crippen LogP contribution in [-0.4, -0.2) is 43.7 Å². The van der Waals surface area contributed by atoms with Crippen LogP contribution in [0.15, 0.2) is 41.5 Å². The van der Waals surface area contributed by atoms with Gasteiger partial charge in [-0.2, -0.15) is 5.10 Å². The van der Waals surface area contributed by atoms with Crippen molar-refractivity contribution in [2.45, 2.75) is 26.3 Å². The highest BCUT2D eigenvalue weighted by Crippen LogP contribution is 2.28. The topological polar surface area (TPSA) is 118 Å². The van der Waals surface area contributed by atoms with Gasteiger partial charge < -0.3 is 20.1 Å². The molecule has 3 amide bonds. The first-order valence-corrected chi connectivity index (χ1v) is 10.7. The predicted octanol–water partition coefficient (Wildman–Crippen LogP) is 3.38. The Balaban J connectivity index is 1.92. The Morgan fingerprint density at radius 3 is 2.48 bits per heavy atom. The first-order valence-electron chi connectivity index (χ1n) is 9.93. The van der Waals surface area contributed by atoms with E-state index in [-0.39, 0.29) is 12.6 Å². The molecule has 0 aliphatic carbocycles. The van der Waals surface area contributed by atoms with Crippen molar-refractivity contribution < 1.29 is 23.9 Å². The van der Waals surface area contributed by atoms with Gasteiger partial charge in [-0.15, -0.1) is 0 Å². The minimum absolute atomic E-state index is 0.116. The maximum Gasteiger partial charge on any atom is 0.329 e. The summed E-state index contributed by atoms with van der Waals surface area (Å²) in [5.41, 5.74) is 3.21. The number of anilines is 1. The minimum Gasteiger partial charge on any atom is -0.493 e. The van der Waals surface area contributed by atoms with Crippen LogP contribution < -0.4 is 25.5 Å². The van der Waals surface area contributed by atoms with Gasteiger partial charge in [-0.25, -0.2) is 5.43 Å². The molecule has 0 fully saturated rings. The Labute approximate surface area is 201 Å². The molecule has 9 nitrogen and oxygen atoms in total. The summed E-state index contributed by atoms with van der Waals surface area (Å²) >= 11 is 11.8. The van der Waals surface area contributed by atoms with Crippen molar-refractivity contribution in [2.75, 3.05) is 19.0 Å². The fourth-order valence-electron chi connectivity index (χ4n) is 2.41. The largest absolute Gasteiger partial charge is 0.493 e. The van der Waals surface area contributed by atoms with E-state index in [1.54, 1.807) is 37.3 Å². The van der Waals surface area contributed by atoms with Crippen molar-refractivity contribution in [1.82, 2.24) is 10.7 Å². The maximum atomic E-state index is 12.1. The van der Waals surface area contributed by atoms with Crippen molar-refractivity contribution >= 4 is 52.8 Å². The lowest BCUT2D eigenvalue weighted by Crippen LogP contribution is -2.41. The van der Waals surface area contributed by atoms with Crippen molar-refractivity contribution in [3.05, 3.63) is 52.0 Å². The number of halogens is 2. The molecule has 33 heavy (non-hydrogen) atoms. The second-order valence-corrected chi connectivity index (χ2v) is 7.67. The summed E-state index contributed by atoms with van der Waals surface area (Å²) in [6, 6.07) is 9.44. The molecule has 2 aromatic carbocycles. The number of ether oxygens (including phenoxy) is 2. The summed E-state index contributed by atoms with van der Waals surface area (Å²) in [7, 11) is 1.44. The molecule has 0 aliphatic rings. The first-order chi connectivity index (χ1) is 15.7. The van der Waals surface area contributed by atoms with Crippen LogP contribution in [0.4, 0.5) is 5.69 Å². The molecule has 0 radical (unpaired) electrons. The maximum absolute atomic E-state index is 12.1. The summed E-state index contributed by atoms with van der Waals surface area (Å²) < 4.78 is 10.8. The molecule has 0 spiro atoms. The van der Waals surface area contributed by atoms with Crippen molar-refractivity contribution in [2.24, 2.45) is 5.10 Å². The third-order valence-corrected chi connectivity index (χ3v) is 5.06. The van der Waals surface area contributed by atoms with Gasteiger partial charge in [0.2, 0.25) is 0 Å².